The van der Waals surface area contributed by atoms with Crippen LogP contribution in [0.25, 0.3) is 0 Å². The largest absolute Gasteiger partial charge is 0.381 e. The van der Waals surface area contributed by atoms with Gasteiger partial charge in [0.15, 0.2) is 0 Å². The van der Waals surface area contributed by atoms with Gasteiger partial charge in [-0.2, -0.15) is 0 Å². The molecule has 3 heteroatoms. The fraction of sp³-hybridized carbons (Fsp3) is 0.600. The quantitative estimate of drug-likeness (QED) is 0.887. The van der Waals surface area contributed by atoms with Crippen molar-refractivity contribution >= 4 is 0 Å². The summed E-state index contributed by atoms with van der Waals surface area (Å²) in [6, 6.07) is 9.24. The van der Waals surface area contributed by atoms with E-state index >= 15 is 0 Å². The topological polar surface area (TPSA) is 30.5 Å². The Morgan fingerprint density at radius 2 is 1.94 bits per heavy atom. The van der Waals surface area contributed by atoms with Crippen LogP contribution in [0.1, 0.15) is 30.1 Å². The van der Waals surface area contributed by atoms with Crippen molar-refractivity contribution in [3.63, 3.8) is 0 Å². The van der Waals surface area contributed by atoms with Crippen LogP contribution in [-0.2, 0) is 15.9 Å². The summed E-state index contributed by atoms with van der Waals surface area (Å²) in [5.74, 6) is 0. The first-order valence-electron chi connectivity index (χ1n) is 6.94. The number of nitrogens with one attached hydrogen (secondary N) is 1. The smallest absolute Gasteiger partial charge is 0.0952 e. The Kier molecular flexibility index (Phi) is 3.93. The summed E-state index contributed by atoms with van der Waals surface area (Å²) in [7, 11) is 0. The summed E-state index contributed by atoms with van der Waals surface area (Å²) in [6.45, 7) is 3.54. The van der Waals surface area contributed by atoms with Gasteiger partial charge in [0.25, 0.3) is 0 Å². The molecule has 3 nitrogen and oxygen atoms in total. The van der Waals surface area contributed by atoms with Crippen molar-refractivity contribution in [1.29, 1.82) is 0 Å². The van der Waals surface area contributed by atoms with Crippen LogP contribution in [0, 0.1) is 0 Å². The molecule has 0 amide bonds. The summed E-state index contributed by atoms with van der Waals surface area (Å²) in [6.07, 6.45) is 3.50. The first-order valence-corrected chi connectivity index (χ1v) is 6.94. The molecule has 0 aromatic heterocycles. The minimum absolute atomic E-state index is 0.220. The van der Waals surface area contributed by atoms with Crippen molar-refractivity contribution in [2.45, 2.75) is 31.4 Å². The van der Waals surface area contributed by atoms with Gasteiger partial charge in [-0.05, 0) is 30.4 Å². The van der Waals surface area contributed by atoms with Gasteiger partial charge >= 0.3 is 0 Å². The highest BCUT2D eigenvalue weighted by Crippen LogP contribution is 2.26. The minimum Gasteiger partial charge on any atom is -0.381 e. The standard InChI is InChI=1S/C15H21NO2/c1-2-4-14-12(3-1)5-10-18-15(14)11-16-13-6-8-17-9-7-13/h1-4,13,15-16H,5-11H2. The molecule has 18 heavy (non-hydrogen) atoms. The molecule has 0 saturated carbocycles. The first kappa shape index (κ1) is 12.2. The molecule has 0 spiro atoms. The van der Waals surface area contributed by atoms with Crippen LogP contribution < -0.4 is 5.32 Å². The summed E-state index contributed by atoms with van der Waals surface area (Å²) < 4.78 is 11.3. The van der Waals surface area contributed by atoms with Gasteiger partial charge in [0, 0.05) is 25.8 Å². The van der Waals surface area contributed by atoms with Crippen LogP contribution in [0.4, 0.5) is 0 Å². The second-order valence-electron chi connectivity index (χ2n) is 5.10. The van der Waals surface area contributed by atoms with E-state index in [4.69, 9.17) is 9.47 Å². The van der Waals surface area contributed by atoms with E-state index in [9.17, 15) is 0 Å². The highest BCUT2D eigenvalue weighted by molar-refractivity contribution is 5.31. The van der Waals surface area contributed by atoms with Gasteiger partial charge in [-0.3, -0.25) is 0 Å². The lowest BCUT2D eigenvalue weighted by Gasteiger charge is -2.29. The molecule has 98 valence electrons. The second kappa shape index (κ2) is 5.83. The van der Waals surface area contributed by atoms with Gasteiger partial charge in [0.05, 0.1) is 12.7 Å². The Balaban J connectivity index is 1.60. The fourth-order valence-corrected chi connectivity index (χ4v) is 2.82. The summed E-state index contributed by atoms with van der Waals surface area (Å²) >= 11 is 0. The van der Waals surface area contributed by atoms with E-state index in [0.717, 1.165) is 45.6 Å². The molecule has 1 unspecified atom stereocenters. The molecule has 1 atom stereocenters. The number of rotatable bonds is 3. The van der Waals surface area contributed by atoms with E-state index in [0.29, 0.717) is 6.04 Å². The molecule has 0 aliphatic carbocycles. The van der Waals surface area contributed by atoms with E-state index in [1.54, 1.807) is 0 Å². The van der Waals surface area contributed by atoms with Gasteiger partial charge in [0.2, 0.25) is 0 Å². The van der Waals surface area contributed by atoms with E-state index in [1.807, 2.05) is 0 Å². The number of fused-ring (bicyclic) bond motifs is 1. The first-order chi connectivity index (χ1) is 8.93. The van der Waals surface area contributed by atoms with Crippen molar-refractivity contribution in [3.8, 4) is 0 Å². The van der Waals surface area contributed by atoms with Crippen molar-refractivity contribution in [2.75, 3.05) is 26.4 Å². The van der Waals surface area contributed by atoms with Crippen LogP contribution in [0.2, 0.25) is 0 Å². The minimum atomic E-state index is 0.220. The number of ether oxygens (including phenoxy) is 2. The molecule has 1 aromatic carbocycles. The molecule has 1 aromatic rings. The van der Waals surface area contributed by atoms with Gasteiger partial charge < -0.3 is 14.8 Å². The van der Waals surface area contributed by atoms with Crippen molar-refractivity contribution in [2.24, 2.45) is 0 Å². The molecular formula is C15H21NO2. The Morgan fingerprint density at radius 1 is 1.11 bits per heavy atom. The maximum Gasteiger partial charge on any atom is 0.0952 e. The lowest BCUT2D eigenvalue weighted by molar-refractivity contribution is 0.0322. The number of hydrogen-bond donors (Lipinski definition) is 1. The molecule has 3 rings (SSSR count). The van der Waals surface area contributed by atoms with Crippen LogP contribution in [0.15, 0.2) is 24.3 Å². The molecule has 1 N–H and O–H groups in total. The van der Waals surface area contributed by atoms with E-state index in [2.05, 4.69) is 29.6 Å². The normalized spacial score (nSPS) is 24.8. The third-order valence-corrected chi connectivity index (χ3v) is 3.91. The van der Waals surface area contributed by atoms with E-state index in [-0.39, 0.29) is 6.10 Å². The number of hydrogen-bond acceptors (Lipinski definition) is 3. The zero-order valence-corrected chi connectivity index (χ0v) is 10.7. The highest BCUT2D eigenvalue weighted by atomic mass is 16.5. The molecule has 2 aliphatic heterocycles. The van der Waals surface area contributed by atoms with E-state index < -0.39 is 0 Å². The molecule has 0 radical (unpaired) electrons. The van der Waals surface area contributed by atoms with Crippen LogP contribution >= 0.6 is 0 Å². The maximum absolute atomic E-state index is 5.90. The zero-order chi connectivity index (χ0) is 12.2. The third kappa shape index (κ3) is 2.74. The molecule has 0 bridgehead atoms. The SMILES string of the molecule is c1ccc2c(c1)CCOC2CNC1CCOCC1. The number of benzene rings is 1. The van der Waals surface area contributed by atoms with Crippen LogP contribution in [-0.4, -0.2) is 32.4 Å². The molecule has 1 fully saturated rings. The summed E-state index contributed by atoms with van der Waals surface area (Å²) in [4.78, 5) is 0. The van der Waals surface area contributed by atoms with Gasteiger partial charge in [-0.15, -0.1) is 0 Å². The summed E-state index contributed by atoms with van der Waals surface area (Å²) in [5, 5.41) is 3.63. The average Bonchev–Trinajstić information content (AvgIpc) is 2.46. The predicted octanol–water partition coefficient (Wildman–Crippen LogP) is 2.07. The Hall–Kier alpha value is -0.900. The van der Waals surface area contributed by atoms with Crippen molar-refractivity contribution in [1.82, 2.24) is 5.32 Å². The van der Waals surface area contributed by atoms with Gasteiger partial charge in [0.1, 0.15) is 0 Å². The fourth-order valence-electron chi connectivity index (χ4n) is 2.82. The Labute approximate surface area is 108 Å². The van der Waals surface area contributed by atoms with Crippen LogP contribution in [0.3, 0.4) is 0 Å². The molecular weight excluding hydrogens is 226 g/mol. The van der Waals surface area contributed by atoms with Crippen molar-refractivity contribution in [3.05, 3.63) is 35.4 Å². The lowest BCUT2D eigenvalue weighted by Crippen LogP contribution is -2.38. The highest BCUT2D eigenvalue weighted by Gasteiger charge is 2.22. The lowest BCUT2D eigenvalue weighted by atomic mass is 9.97. The average molecular weight is 247 g/mol. The van der Waals surface area contributed by atoms with E-state index in [1.165, 1.54) is 11.1 Å². The summed E-state index contributed by atoms with van der Waals surface area (Å²) in [5.41, 5.74) is 2.81. The molecule has 2 heterocycles. The second-order valence-corrected chi connectivity index (χ2v) is 5.10. The third-order valence-electron chi connectivity index (χ3n) is 3.91. The maximum atomic E-state index is 5.90. The Morgan fingerprint density at radius 3 is 2.83 bits per heavy atom. The van der Waals surface area contributed by atoms with Crippen LogP contribution in [0.5, 0.6) is 0 Å². The zero-order valence-electron chi connectivity index (χ0n) is 10.7. The monoisotopic (exact) mass is 247 g/mol. The van der Waals surface area contributed by atoms with Gasteiger partial charge in [-0.25, -0.2) is 0 Å². The molecule has 1 saturated heterocycles. The Bertz CT molecular complexity index is 388. The van der Waals surface area contributed by atoms with Crippen molar-refractivity contribution < 1.29 is 9.47 Å². The molecule has 2 aliphatic rings. The predicted molar refractivity (Wildman–Crippen MR) is 70.7 cm³/mol. The van der Waals surface area contributed by atoms with Gasteiger partial charge in [-0.1, -0.05) is 24.3 Å².